The van der Waals surface area contributed by atoms with Crippen molar-refractivity contribution in [1.82, 2.24) is 0 Å². The lowest BCUT2D eigenvalue weighted by Gasteiger charge is -2.47. The van der Waals surface area contributed by atoms with E-state index in [4.69, 9.17) is 28.4 Å². The summed E-state index contributed by atoms with van der Waals surface area (Å²) in [5.74, 6) is -5.26. The molecule has 5 rings (SSSR count). The number of aromatic hydroxyl groups is 2. The molecule has 1 aliphatic heterocycles. The van der Waals surface area contributed by atoms with Gasteiger partial charge in [0.05, 0.1) is 17.2 Å². The topological polar surface area (TPSA) is 201 Å². The molecule has 5 unspecified atom stereocenters. The number of ketones is 3. The molecule has 8 atom stereocenters. The van der Waals surface area contributed by atoms with E-state index in [2.05, 4.69) is 0 Å². The maximum atomic E-state index is 13.7. The number of rotatable bonds is 6. The number of Topliss-reactive ketones (excluding diaryl/α,β-unsaturated/α-hetero) is 1. The van der Waals surface area contributed by atoms with Crippen LogP contribution in [0.15, 0.2) is 24.3 Å². The highest BCUT2D eigenvalue weighted by atomic mass is 16.7. The zero-order valence-corrected chi connectivity index (χ0v) is 25.2. The predicted molar refractivity (Wildman–Crippen MR) is 149 cm³/mol. The molecule has 0 aromatic heterocycles. The Bertz CT molecular complexity index is 1610. The van der Waals surface area contributed by atoms with Crippen LogP contribution < -0.4 is 0 Å². The second-order valence-corrected chi connectivity index (χ2v) is 11.2. The summed E-state index contributed by atoms with van der Waals surface area (Å²) in [7, 11) is 2.44. The number of esters is 2. The standard InChI is InChI=1S/C31H32O14/c1-11-24(43-12(2)32)26(44-13(3)33)27(40-5)30(42-11)45-25-20-16(28(38)31(4,39)29(25)41-6)10-15-19(23(20)37)22(36)18-14(21(15)35)8-7-9-17(18)34/h7-11,24-27,29-30,34,37,39H,1-6H3/t11?,24?,25-,26?,27?,29+,30?,31-/m1/s1. The zero-order valence-electron chi connectivity index (χ0n) is 25.2. The van der Waals surface area contributed by atoms with Gasteiger partial charge in [0.25, 0.3) is 0 Å². The van der Waals surface area contributed by atoms with Crippen LogP contribution in [0.4, 0.5) is 0 Å². The summed E-state index contributed by atoms with van der Waals surface area (Å²) in [5.41, 5.74) is -4.17. The first-order valence-electron chi connectivity index (χ1n) is 13.9. The summed E-state index contributed by atoms with van der Waals surface area (Å²) in [6, 6.07) is 5.01. The van der Waals surface area contributed by atoms with E-state index in [1.54, 1.807) is 0 Å². The quantitative estimate of drug-likeness (QED) is 0.332. The first kappa shape index (κ1) is 32.2. The highest BCUT2D eigenvalue weighted by Crippen LogP contribution is 2.49. The average molecular weight is 629 g/mol. The Kier molecular flexibility index (Phi) is 8.31. The van der Waals surface area contributed by atoms with Gasteiger partial charge < -0.3 is 43.7 Å². The summed E-state index contributed by atoms with van der Waals surface area (Å²) in [6.07, 6.45) is -9.11. The van der Waals surface area contributed by atoms with Crippen molar-refractivity contribution in [3.63, 3.8) is 0 Å². The van der Waals surface area contributed by atoms with Crippen LogP contribution in [-0.4, -0.2) is 101 Å². The van der Waals surface area contributed by atoms with E-state index in [1.165, 1.54) is 39.3 Å². The molecule has 14 heteroatoms. The molecular weight excluding hydrogens is 596 g/mol. The van der Waals surface area contributed by atoms with Crippen molar-refractivity contribution >= 4 is 29.3 Å². The Balaban J connectivity index is 1.66. The van der Waals surface area contributed by atoms with E-state index in [9.17, 15) is 39.3 Å². The van der Waals surface area contributed by atoms with Crippen LogP contribution in [0.25, 0.3) is 0 Å². The van der Waals surface area contributed by atoms with Crippen LogP contribution in [0.5, 0.6) is 11.5 Å². The van der Waals surface area contributed by atoms with E-state index in [0.717, 1.165) is 26.8 Å². The van der Waals surface area contributed by atoms with Crippen molar-refractivity contribution in [3.8, 4) is 11.5 Å². The normalized spacial score (nSPS) is 30.6. The highest BCUT2D eigenvalue weighted by molar-refractivity contribution is 6.31. The van der Waals surface area contributed by atoms with Crippen molar-refractivity contribution in [2.45, 2.75) is 76.2 Å². The van der Waals surface area contributed by atoms with Gasteiger partial charge in [-0.25, -0.2) is 0 Å². The van der Waals surface area contributed by atoms with Crippen LogP contribution in [0.1, 0.15) is 81.6 Å². The third-order valence-corrected chi connectivity index (χ3v) is 8.28. The van der Waals surface area contributed by atoms with Gasteiger partial charge in [0.1, 0.15) is 29.8 Å². The molecule has 3 N–H and O–H groups in total. The average Bonchev–Trinajstić information content (AvgIpc) is 2.95. The Morgan fingerprint density at radius 2 is 1.51 bits per heavy atom. The lowest BCUT2D eigenvalue weighted by atomic mass is 9.72. The molecule has 2 aromatic carbocycles. The fraction of sp³-hybridized carbons (Fsp3) is 0.452. The van der Waals surface area contributed by atoms with Crippen LogP contribution >= 0.6 is 0 Å². The van der Waals surface area contributed by atoms with Gasteiger partial charge in [0.2, 0.25) is 5.78 Å². The van der Waals surface area contributed by atoms with Crippen LogP contribution in [0.2, 0.25) is 0 Å². The van der Waals surface area contributed by atoms with E-state index in [0.29, 0.717) is 0 Å². The number of methoxy groups -OCH3 is 2. The van der Waals surface area contributed by atoms with Gasteiger partial charge in [-0.05, 0) is 26.0 Å². The molecule has 3 aliphatic rings. The molecule has 0 spiro atoms. The van der Waals surface area contributed by atoms with E-state index in [-0.39, 0.29) is 27.8 Å². The monoisotopic (exact) mass is 628 g/mol. The van der Waals surface area contributed by atoms with Gasteiger partial charge in [-0.2, -0.15) is 0 Å². The number of carbonyl (C=O) groups is 5. The number of carbonyl (C=O) groups excluding carboxylic acids is 5. The molecule has 1 saturated heterocycles. The molecule has 14 nitrogen and oxygen atoms in total. The number of hydrogen-bond donors (Lipinski definition) is 3. The van der Waals surface area contributed by atoms with Crippen LogP contribution in [0, 0.1) is 0 Å². The van der Waals surface area contributed by atoms with Crippen molar-refractivity contribution < 1.29 is 67.7 Å². The second-order valence-electron chi connectivity index (χ2n) is 11.2. The number of aliphatic hydroxyl groups is 1. The molecule has 0 saturated carbocycles. The molecule has 2 aliphatic carbocycles. The third kappa shape index (κ3) is 5.08. The molecule has 45 heavy (non-hydrogen) atoms. The Morgan fingerprint density at radius 3 is 2.11 bits per heavy atom. The highest BCUT2D eigenvalue weighted by Gasteiger charge is 2.57. The van der Waals surface area contributed by atoms with Crippen LogP contribution in [-0.2, 0) is 38.0 Å². The maximum absolute atomic E-state index is 13.7. The number of hydrogen-bond acceptors (Lipinski definition) is 14. The first-order valence-corrected chi connectivity index (χ1v) is 13.9. The fourth-order valence-electron chi connectivity index (χ4n) is 6.30. The third-order valence-electron chi connectivity index (χ3n) is 8.28. The summed E-state index contributed by atoms with van der Waals surface area (Å²) in [5, 5.41) is 33.5. The van der Waals surface area contributed by atoms with Gasteiger partial charge in [0.15, 0.2) is 35.7 Å². The minimum atomic E-state index is -2.29. The molecule has 0 radical (unpaired) electrons. The molecule has 1 heterocycles. The predicted octanol–water partition coefficient (Wildman–Crippen LogP) is 1.52. The maximum Gasteiger partial charge on any atom is 0.303 e. The van der Waals surface area contributed by atoms with Gasteiger partial charge in [0, 0.05) is 50.3 Å². The number of phenolic OH excluding ortho intramolecular Hbond substituents is 2. The SMILES string of the molecule is COC1C(O[C@@H]2c3c(cc4c(c3O)C(=O)c3c(O)cccc3C4=O)C(=O)[C@@](C)(O)[C@H]2OC)OC(C)C(OC(C)=O)C1OC(C)=O. The number of fused-ring (bicyclic) bond motifs is 3. The number of phenols is 2. The molecule has 2 aromatic rings. The van der Waals surface area contributed by atoms with Gasteiger partial charge in [-0.15, -0.1) is 0 Å². The number of ether oxygens (including phenoxy) is 6. The van der Waals surface area contributed by atoms with Crippen LogP contribution in [0.3, 0.4) is 0 Å². The van der Waals surface area contributed by atoms with E-state index < -0.39 is 94.9 Å². The largest absolute Gasteiger partial charge is 0.507 e. The number of benzene rings is 2. The summed E-state index contributed by atoms with van der Waals surface area (Å²) in [6.45, 7) is 4.99. The van der Waals surface area contributed by atoms with Crippen molar-refractivity contribution in [2.24, 2.45) is 0 Å². The Labute approximate surface area is 256 Å². The Morgan fingerprint density at radius 1 is 0.867 bits per heavy atom. The molecule has 0 bridgehead atoms. The first-order chi connectivity index (χ1) is 21.1. The molecule has 240 valence electrons. The van der Waals surface area contributed by atoms with Crippen molar-refractivity contribution in [2.75, 3.05) is 14.2 Å². The lowest BCUT2D eigenvalue weighted by molar-refractivity contribution is -0.323. The van der Waals surface area contributed by atoms with Crippen molar-refractivity contribution in [1.29, 1.82) is 0 Å². The summed E-state index contributed by atoms with van der Waals surface area (Å²) < 4.78 is 34.2. The van der Waals surface area contributed by atoms with Crippen molar-refractivity contribution in [3.05, 3.63) is 57.6 Å². The minimum absolute atomic E-state index is 0.129. The zero-order chi connectivity index (χ0) is 33.1. The summed E-state index contributed by atoms with van der Waals surface area (Å²) in [4.78, 5) is 64.7. The fourth-order valence-corrected chi connectivity index (χ4v) is 6.30. The van der Waals surface area contributed by atoms with Gasteiger partial charge in [-0.1, -0.05) is 12.1 Å². The van der Waals surface area contributed by atoms with Gasteiger partial charge in [-0.3, -0.25) is 24.0 Å². The van der Waals surface area contributed by atoms with E-state index in [1.807, 2.05) is 0 Å². The minimum Gasteiger partial charge on any atom is -0.507 e. The smallest absolute Gasteiger partial charge is 0.303 e. The molecule has 1 fully saturated rings. The van der Waals surface area contributed by atoms with E-state index >= 15 is 0 Å². The molecule has 0 amide bonds. The lowest BCUT2D eigenvalue weighted by Crippen LogP contribution is -2.62. The molecular formula is C31H32O14. The second kappa shape index (κ2) is 11.6. The summed E-state index contributed by atoms with van der Waals surface area (Å²) >= 11 is 0. The Hall–Kier alpha value is -4.21. The van der Waals surface area contributed by atoms with Gasteiger partial charge >= 0.3 is 11.9 Å².